The Balaban J connectivity index is 1.68. The van der Waals surface area contributed by atoms with Gasteiger partial charge >= 0.3 is 0 Å². The molecule has 0 radical (unpaired) electrons. The maximum Gasteiger partial charge on any atom is 0.258 e. The molecular weight excluding hydrogens is 432 g/mol. The maximum atomic E-state index is 12.4. The Kier molecular flexibility index (Phi) is 6.66. The maximum absolute atomic E-state index is 12.4. The van der Waals surface area contributed by atoms with Gasteiger partial charge in [0.25, 0.3) is 5.89 Å². The van der Waals surface area contributed by atoms with Crippen LogP contribution in [0.25, 0.3) is 17.0 Å². The van der Waals surface area contributed by atoms with E-state index in [-0.39, 0.29) is 30.6 Å². The van der Waals surface area contributed by atoms with Gasteiger partial charge in [0, 0.05) is 24.1 Å². The Morgan fingerprint density at radius 1 is 1.44 bits per heavy atom. The Hall–Kier alpha value is -3.70. The highest BCUT2D eigenvalue weighted by molar-refractivity contribution is 5.84. The zero-order chi connectivity index (χ0) is 24.4. The van der Waals surface area contributed by atoms with Gasteiger partial charge in [0.05, 0.1) is 24.3 Å². The van der Waals surface area contributed by atoms with Crippen molar-refractivity contribution < 1.29 is 19.2 Å². The van der Waals surface area contributed by atoms with Gasteiger partial charge in [0.1, 0.15) is 11.8 Å². The van der Waals surface area contributed by atoms with Gasteiger partial charge in [-0.2, -0.15) is 10.2 Å². The first kappa shape index (κ1) is 23.5. The quantitative estimate of drug-likeness (QED) is 0.667. The molecule has 1 aliphatic heterocycles. The minimum atomic E-state index is -0.118. The second-order valence-electron chi connectivity index (χ2n) is 8.75. The number of carbonyl (C=O) groups excluding carboxylic acids is 1. The Bertz CT molecular complexity index is 1220. The number of aliphatic hydroxyl groups is 1. The van der Waals surface area contributed by atoms with Crippen molar-refractivity contribution in [1.29, 1.82) is 5.26 Å². The van der Waals surface area contributed by atoms with Crippen molar-refractivity contribution in [2.45, 2.75) is 45.8 Å². The van der Waals surface area contributed by atoms with Crippen LogP contribution in [0.15, 0.2) is 52.6 Å². The summed E-state index contributed by atoms with van der Waals surface area (Å²) in [6.07, 6.45) is 4.90. The van der Waals surface area contributed by atoms with Crippen LogP contribution in [0.5, 0.6) is 5.75 Å². The fourth-order valence-corrected chi connectivity index (χ4v) is 4.78. The van der Waals surface area contributed by atoms with Crippen LogP contribution in [-0.4, -0.2) is 51.4 Å². The van der Waals surface area contributed by atoms with Gasteiger partial charge in [-0.05, 0) is 62.5 Å². The summed E-state index contributed by atoms with van der Waals surface area (Å²) in [5.41, 5.74) is 3.66. The van der Waals surface area contributed by atoms with Gasteiger partial charge in [-0.1, -0.05) is 23.9 Å². The van der Waals surface area contributed by atoms with E-state index < -0.39 is 0 Å². The van der Waals surface area contributed by atoms with Crippen molar-refractivity contribution in [1.82, 2.24) is 15.0 Å². The number of hydrogen-bond donors (Lipinski definition) is 1. The van der Waals surface area contributed by atoms with Crippen molar-refractivity contribution in [3.8, 4) is 23.3 Å². The zero-order valence-electron chi connectivity index (χ0n) is 19.6. The normalized spacial score (nSPS) is 21.5. The van der Waals surface area contributed by atoms with E-state index in [0.29, 0.717) is 48.0 Å². The number of allylic oxidation sites excluding steroid dienone is 3. The summed E-state index contributed by atoms with van der Waals surface area (Å²) in [6.45, 7) is 10.2. The molecule has 8 nitrogen and oxygen atoms in total. The molecule has 34 heavy (non-hydrogen) atoms. The van der Waals surface area contributed by atoms with Crippen molar-refractivity contribution in [3.63, 3.8) is 0 Å². The molecule has 0 spiro atoms. The van der Waals surface area contributed by atoms with E-state index in [2.05, 4.69) is 22.8 Å². The van der Waals surface area contributed by atoms with E-state index in [9.17, 15) is 15.2 Å². The number of likely N-dealkylation sites (tertiary alicyclic amines) is 1. The highest BCUT2D eigenvalue weighted by Gasteiger charge is 2.47. The second kappa shape index (κ2) is 9.65. The minimum absolute atomic E-state index is 0.0504. The first-order valence-electron chi connectivity index (χ1n) is 11.4. The lowest BCUT2D eigenvalue weighted by molar-refractivity contribution is -0.129. The molecule has 2 fully saturated rings. The van der Waals surface area contributed by atoms with Crippen LogP contribution >= 0.6 is 0 Å². The molecule has 2 heterocycles. The van der Waals surface area contributed by atoms with Gasteiger partial charge in [0.15, 0.2) is 0 Å². The molecule has 2 aliphatic rings. The third kappa shape index (κ3) is 4.27. The standard InChI is InChI=1S/C26H28N4O4/c1-5-6-20(21-12-18-13-23(32)30(9-10-31)24(18)16(21)4)25-28-26(34-29-25)17-7-8-22(33-15(2)3)19(11-17)14-27/h5-8,11,15,18,24,31H,4,9-10,12-13H2,1-3H3/b6-5-,21-20+/t18-,24-/m0/s1. The number of β-amino-alcohol motifs (C(OH)–C–C–N with tert-alkyl or cyclic N) is 1. The van der Waals surface area contributed by atoms with Gasteiger partial charge in [0.2, 0.25) is 11.7 Å². The van der Waals surface area contributed by atoms with E-state index in [1.54, 1.807) is 23.1 Å². The summed E-state index contributed by atoms with van der Waals surface area (Å²) in [5, 5.41) is 23.1. The first-order valence-corrected chi connectivity index (χ1v) is 11.4. The Labute approximate surface area is 198 Å². The SMILES string of the molecule is C=C1/C(=C(\C=C/C)c2noc(-c3ccc(OC(C)C)c(C#N)c3)n2)C[C@H]2CC(=O)N(CCO)[C@@H]12. The number of hydrogen-bond acceptors (Lipinski definition) is 7. The molecule has 1 aromatic heterocycles. The van der Waals surface area contributed by atoms with Crippen molar-refractivity contribution in [2.75, 3.05) is 13.2 Å². The summed E-state index contributed by atoms with van der Waals surface area (Å²) in [6, 6.07) is 7.23. The smallest absolute Gasteiger partial charge is 0.258 e. The van der Waals surface area contributed by atoms with Gasteiger partial charge < -0.3 is 19.3 Å². The lowest BCUT2D eigenvalue weighted by atomic mass is 10.0. The lowest BCUT2D eigenvalue weighted by Gasteiger charge is -2.24. The van der Waals surface area contributed by atoms with Gasteiger partial charge in [-0.3, -0.25) is 4.79 Å². The van der Waals surface area contributed by atoms with Crippen LogP contribution < -0.4 is 4.74 Å². The monoisotopic (exact) mass is 460 g/mol. The molecule has 0 bridgehead atoms. The van der Waals surface area contributed by atoms with Crippen LogP contribution in [0, 0.1) is 17.2 Å². The van der Waals surface area contributed by atoms with Gasteiger partial charge in [-0.25, -0.2) is 0 Å². The topological polar surface area (TPSA) is 112 Å². The molecular formula is C26H28N4O4. The molecule has 1 saturated heterocycles. The summed E-state index contributed by atoms with van der Waals surface area (Å²) in [4.78, 5) is 18.7. The number of rotatable bonds is 7. The largest absolute Gasteiger partial charge is 0.490 e. The number of ether oxygens (including phenoxy) is 1. The summed E-state index contributed by atoms with van der Waals surface area (Å²) in [5.74, 6) is 1.40. The second-order valence-corrected chi connectivity index (χ2v) is 8.75. The predicted octanol–water partition coefficient (Wildman–Crippen LogP) is 3.89. The van der Waals surface area contributed by atoms with E-state index in [0.717, 1.165) is 16.7 Å². The van der Waals surface area contributed by atoms with Crippen LogP contribution in [0.3, 0.4) is 0 Å². The lowest BCUT2D eigenvalue weighted by Crippen LogP contribution is -2.36. The van der Waals surface area contributed by atoms with E-state index in [4.69, 9.17) is 9.26 Å². The predicted molar refractivity (Wildman–Crippen MR) is 126 cm³/mol. The average Bonchev–Trinajstić information content (AvgIpc) is 3.49. The van der Waals surface area contributed by atoms with Crippen molar-refractivity contribution in [2.24, 2.45) is 5.92 Å². The van der Waals surface area contributed by atoms with Crippen molar-refractivity contribution >= 4 is 11.5 Å². The van der Waals surface area contributed by atoms with E-state index >= 15 is 0 Å². The summed E-state index contributed by atoms with van der Waals surface area (Å²) in [7, 11) is 0. The van der Waals surface area contributed by atoms with Gasteiger partial charge in [-0.15, -0.1) is 0 Å². The minimum Gasteiger partial charge on any atom is -0.490 e. The molecule has 1 aliphatic carbocycles. The van der Waals surface area contributed by atoms with Crippen molar-refractivity contribution in [3.05, 3.63) is 59.5 Å². The molecule has 1 saturated carbocycles. The van der Waals surface area contributed by atoms with Crippen LogP contribution in [0.1, 0.15) is 45.0 Å². The summed E-state index contributed by atoms with van der Waals surface area (Å²) < 4.78 is 11.2. The third-order valence-corrected chi connectivity index (χ3v) is 6.13. The Morgan fingerprint density at radius 2 is 2.24 bits per heavy atom. The molecule has 176 valence electrons. The molecule has 2 atom stereocenters. The third-order valence-electron chi connectivity index (χ3n) is 6.13. The molecule has 1 amide bonds. The zero-order valence-corrected chi connectivity index (χ0v) is 19.6. The molecule has 2 aromatic rings. The number of amides is 1. The average molecular weight is 461 g/mol. The van der Waals surface area contributed by atoms with Crippen LogP contribution in [-0.2, 0) is 4.79 Å². The van der Waals surface area contributed by atoms with Crippen LogP contribution in [0.4, 0.5) is 0 Å². The number of carbonyl (C=O) groups is 1. The first-order chi connectivity index (χ1) is 16.4. The number of nitrogens with zero attached hydrogens (tertiary/aromatic N) is 4. The van der Waals surface area contributed by atoms with Crippen LogP contribution in [0.2, 0.25) is 0 Å². The number of nitriles is 1. The molecule has 1 N–H and O–H groups in total. The Morgan fingerprint density at radius 3 is 2.91 bits per heavy atom. The summed E-state index contributed by atoms with van der Waals surface area (Å²) >= 11 is 0. The van der Waals surface area contributed by atoms with E-state index in [1.807, 2.05) is 32.9 Å². The molecule has 4 rings (SSSR count). The fourth-order valence-electron chi connectivity index (χ4n) is 4.78. The molecule has 8 heteroatoms. The molecule has 1 aromatic carbocycles. The highest BCUT2D eigenvalue weighted by atomic mass is 16.5. The number of benzene rings is 1. The number of fused-ring (bicyclic) bond motifs is 1. The number of aromatic nitrogens is 2. The number of aliphatic hydroxyl groups excluding tert-OH is 1. The molecule has 0 unspecified atom stereocenters. The van der Waals surface area contributed by atoms with E-state index in [1.165, 1.54) is 0 Å². The highest BCUT2D eigenvalue weighted by Crippen LogP contribution is 2.47. The fraction of sp³-hybridized carbons (Fsp3) is 0.385.